The van der Waals surface area contributed by atoms with Crippen LogP contribution in [0.1, 0.15) is 10.5 Å². The lowest BCUT2D eigenvalue weighted by Gasteiger charge is -1.96. The van der Waals surface area contributed by atoms with Gasteiger partial charge in [-0.3, -0.25) is 9.89 Å². The van der Waals surface area contributed by atoms with Crippen molar-refractivity contribution >= 4 is 6.29 Å². The van der Waals surface area contributed by atoms with Crippen LogP contribution in [0.5, 0.6) is 5.88 Å². The first-order chi connectivity index (χ1) is 5.22. The average molecular weight is 162 g/mol. The van der Waals surface area contributed by atoms with Crippen LogP contribution >= 0.6 is 0 Å². The van der Waals surface area contributed by atoms with Gasteiger partial charge in [-0.25, -0.2) is 0 Å². The summed E-state index contributed by atoms with van der Waals surface area (Å²) in [5.41, 5.74) is 0.0978. The Morgan fingerprint density at radius 3 is 2.91 bits per heavy atom. The van der Waals surface area contributed by atoms with E-state index in [0.29, 0.717) is 6.29 Å². The summed E-state index contributed by atoms with van der Waals surface area (Å²) in [5.74, 6) is -0.290. The van der Waals surface area contributed by atoms with Crippen LogP contribution in [0.4, 0.5) is 8.78 Å². The van der Waals surface area contributed by atoms with Gasteiger partial charge in [0.1, 0.15) is 5.69 Å². The second-order valence-electron chi connectivity index (χ2n) is 1.66. The zero-order valence-electron chi connectivity index (χ0n) is 5.25. The third-order valence-electron chi connectivity index (χ3n) is 0.911. The number of hydrogen-bond donors (Lipinski definition) is 1. The molecule has 1 aromatic heterocycles. The van der Waals surface area contributed by atoms with Gasteiger partial charge in [0.05, 0.1) is 0 Å². The third-order valence-corrected chi connectivity index (χ3v) is 0.911. The molecule has 1 heterocycles. The standard InChI is InChI=1S/C5H4F2N2O2/c6-5(7)11-4-1-3(2-10)8-9-4/h1-2,5H,(H,8,9). The van der Waals surface area contributed by atoms with Gasteiger partial charge in [-0.05, 0) is 0 Å². The second kappa shape index (κ2) is 3.09. The maximum absolute atomic E-state index is 11.5. The first-order valence-electron chi connectivity index (χ1n) is 2.68. The highest BCUT2D eigenvalue weighted by Gasteiger charge is 2.06. The Morgan fingerprint density at radius 1 is 1.73 bits per heavy atom. The molecule has 0 saturated carbocycles. The van der Waals surface area contributed by atoms with Crippen LogP contribution in [0.25, 0.3) is 0 Å². The Bertz CT molecular complexity index is 248. The molecule has 0 atom stereocenters. The first kappa shape index (κ1) is 7.64. The topological polar surface area (TPSA) is 55.0 Å². The van der Waals surface area contributed by atoms with Crippen LogP contribution < -0.4 is 4.74 Å². The Hall–Kier alpha value is -1.46. The monoisotopic (exact) mass is 162 g/mol. The van der Waals surface area contributed by atoms with Crippen LogP contribution in [0.15, 0.2) is 6.07 Å². The molecule has 60 valence electrons. The molecule has 0 amide bonds. The van der Waals surface area contributed by atoms with E-state index < -0.39 is 6.61 Å². The largest absolute Gasteiger partial charge is 0.415 e. The number of aromatic amines is 1. The predicted octanol–water partition coefficient (Wildman–Crippen LogP) is 0.824. The molecule has 0 unspecified atom stereocenters. The van der Waals surface area contributed by atoms with Gasteiger partial charge in [-0.1, -0.05) is 0 Å². The van der Waals surface area contributed by atoms with E-state index in [0.717, 1.165) is 6.07 Å². The van der Waals surface area contributed by atoms with E-state index in [9.17, 15) is 13.6 Å². The van der Waals surface area contributed by atoms with Gasteiger partial charge >= 0.3 is 6.61 Å². The molecule has 0 aromatic carbocycles. The fourth-order valence-electron chi connectivity index (χ4n) is 0.529. The molecule has 6 heteroatoms. The van der Waals surface area contributed by atoms with E-state index in [1.807, 2.05) is 0 Å². The summed E-state index contributed by atoms with van der Waals surface area (Å²) in [6.45, 7) is -2.92. The number of halogens is 2. The molecule has 1 N–H and O–H groups in total. The van der Waals surface area contributed by atoms with Gasteiger partial charge in [-0.15, -0.1) is 5.10 Å². The van der Waals surface area contributed by atoms with E-state index in [1.54, 1.807) is 0 Å². The van der Waals surface area contributed by atoms with Crippen molar-refractivity contribution in [3.05, 3.63) is 11.8 Å². The highest BCUT2D eigenvalue weighted by Crippen LogP contribution is 2.09. The molecule has 0 spiro atoms. The third kappa shape index (κ3) is 1.99. The summed E-state index contributed by atoms with van der Waals surface area (Å²) in [7, 11) is 0. The Morgan fingerprint density at radius 2 is 2.45 bits per heavy atom. The molecule has 1 rings (SSSR count). The lowest BCUT2D eigenvalue weighted by molar-refractivity contribution is -0.0528. The predicted molar refractivity (Wildman–Crippen MR) is 30.6 cm³/mol. The molecule has 0 saturated heterocycles. The number of carbonyl (C=O) groups excluding carboxylic acids is 1. The van der Waals surface area contributed by atoms with Crippen molar-refractivity contribution in [2.75, 3.05) is 0 Å². The van der Waals surface area contributed by atoms with Gasteiger partial charge in [0.25, 0.3) is 0 Å². The summed E-state index contributed by atoms with van der Waals surface area (Å²) >= 11 is 0. The number of nitrogens with zero attached hydrogens (tertiary/aromatic N) is 1. The fourth-order valence-corrected chi connectivity index (χ4v) is 0.529. The number of H-pyrrole nitrogens is 1. The fraction of sp³-hybridized carbons (Fsp3) is 0.200. The van der Waals surface area contributed by atoms with Crippen molar-refractivity contribution in [3.8, 4) is 5.88 Å². The molecular weight excluding hydrogens is 158 g/mol. The maximum Gasteiger partial charge on any atom is 0.388 e. The minimum Gasteiger partial charge on any atom is -0.415 e. The number of rotatable bonds is 3. The molecule has 0 aliphatic heterocycles. The summed E-state index contributed by atoms with van der Waals surface area (Å²) < 4.78 is 26.8. The Balaban J connectivity index is 2.65. The lowest BCUT2D eigenvalue weighted by atomic mass is 10.5. The van der Waals surface area contributed by atoms with Crippen molar-refractivity contribution in [2.24, 2.45) is 0 Å². The van der Waals surface area contributed by atoms with Crippen molar-refractivity contribution in [1.82, 2.24) is 10.2 Å². The number of aromatic nitrogens is 2. The molecule has 0 aliphatic rings. The molecule has 1 aromatic rings. The second-order valence-corrected chi connectivity index (χ2v) is 1.66. The van der Waals surface area contributed by atoms with Crippen LogP contribution in [0.2, 0.25) is 0 Å². The number of aldehydes is 1. The Kier molecular flexibility index (Phi) is 2.15. The van der Waals surface area contributed by atoms with Crippen molar-refractivity contribution in [1.29, 1.82) is 0 Å². The highest BCUT2D eigenvalue weighted by atomic mass is 19.3. The van der Waals surface area contributed by atoms with Crippen molar-refractivity contribution in [3.63, 3.8) is 0 Å². The van der Waals surface area contributed by atoms with E-state index in [2.05, 4.69) is 14.9 Å². The number of ether oxygens (including phenoxy) is 1. The maximum atomic E-state index is 11.5. The van der Waals surface area contributed by atoms with Crippen LogP contribution in [0, 0.1) is 0 Å². The molecule has 4 nitrogen and oxygen atoms in total. The first-order valence-corrected chi connectivity index (χ1v) is 2.68. The summed E-state index contributed by atoms with van der Waals surface area (Å²) in [5, 5.41) is 5.45. The van der Waals surface area contributed by atoms with Gasteiger partial charge in [0.15, 0.2) is 6.29 Å². The zero-order chi connectivity index (χ0) is 8.27. The van der Waals surface area contributed by atoms with Gasteiger partial charge in [0, 0.05) is 6.07 Å². The van der Waals surface area contributed by atoms with Gasteiger partial charge in [0.2, 0.25) is 5.88 Å². The molecular formula is C5H4F2N2O2. The summed E-state index contributed by atoms with van der Waals surface area (Å²) in [6, 6.07) is 1.08. The molecule has 0 radical (unpaired) electrons. The van der Waals surface area contributed by atoms with E-state index >= 15 is 0 Å². The van der Waals surface area contributed by atoms with E-state index in [-0.39, 0.29) is 11.6 Å². The van der Waals surface area contributed by atoms with Gasteiger partial charge < -0.3 is 4.74 Å². The number of carbonyl (C=O) groups is 1. The van der Waals surface area contributed by atoms with E-state index in [1.165, 1.54) is 0 Å². The molecule has 0 bridgehead atoms. The summed E-state index contributed by atoms with van der Waals surface area (Å²) in [6.07, 6.45) is 0.450. The highest BCUT2D eigenvalue weighted by molar-refractivity contribution is 5.71. The van der Waals surface area contributed by atoms with Crippen molar-refractivity contribution in [2.45, 2.75) is 6.61 Å². The number of nitrogens with one attached hydrogen (secondary N) is 1. The SMILES string of the molecule is O=Cc1cc(OC(F)F)n[nH]1. The average Bonchev–Trinajstić information content (AvgIpc) is 2.34. The smallest absolute Gasteiger partial charge is 0.388 e. The number of hydrogen-bond acceptors (Lipinski definition) is 3. The lowest BCUT2D eigenvalue weighted by Crippen LogP contribution is -2.01. The minimum absolute atomic E-state index is 0.0978. The van der Waals surface area contributed by atoms with Crippen LogP contribution in [-0.2, 0) is 0 Å². The molecule has 0 fully saturated rings. The minimum atomic E-state index is -2.92. The zero-order valence-corrected chi connectivity index (χ0v) is 5.25. The van der Waals surface area contributed by atoms with Gasteiger partial charge in [-0.2, -0.15) is 8.78 Å². The number of alkyl halides is 2. The Labute approximate surface area is 60.2 Å². The van der Waals surface area contributed by atoms with Crippen molar-refractivity contribution < 1.29 is 18.3 Å². The normalized spacial score (nSPS) is 10.1. The quantitative estimate of drug-likeness (QED) is 0.669. The molecule has 0 aliphatic carbocycles. The van der Waals surface area contributed by atoms with Crippen LogP contribution in [0.3, 0.4) is 0 Å². The van der Waals surface area contributed by atoms with E-state index in [4.69, 9.17) is 0 Å². The van der Waals surface area contributed by atoms with Crippen LogP contribution in [-0.4, -0.2) is 23.1 Å². The molecule has 11 heavy (non-hydrogen) atoms. The summed E-state index contributed by atoms with van der Waals surface area (Å²) in [4.78, 5) is 9.99.